The summed E-state index contributed by atoms with van der Waals surface area (Å²) in [6, 6.07) is 8.65. The van der Waals surface area contributed by atoms with Gasteiger partial charge in [0.15, 0.2) is 0 Å². The molecule has 0 saturated carbocycles. The third kappa shape index (κ3) is 3.00. The van der Waals surface area contributed by atoms with E-state index in [1.807, 2.05) is 0 Å². The summed E-state index contributed by atoms with van der Waals surface area (Å²) in [4.78, 5) is 12.0. The van der Waals surface area contributed by atoms with Crippen molar-refractivity contribution in [3.8, 4) is 5.75 Å². The van der Waals surface area contributed by atoms with Gasteiger partial charge >= 0.3 is 0 Å². The number of hydrogen-bond donors (Lipinski definition) is 2. The minimum Gasteiger partial charge on any atom is -0.495 e. The Balaban J connectivity index is 2.27. The first-order valence-electron chi connectivity index (χ1n) is 5.71. The van der Waals surface area contributed by atoms with Crippen LogP contribution in [-0.2, 0) is 0 Å². The van der Waals surface area contributed by atoms with Gasteiger partial charge < -0.3 is 15.8 Å². The van der Waals surface area contributed by atoms with Crippen molar-refractivity contribution in [2.45, 2.75) is 0 Å². The number of rotatable bonds is 3. The molecule has 1 amide bonds. The van der Waals surface area contributed by atoms with Crippen LogP contribution in [0.4, 0.5) is 15.8 Å². The zero-order valence-corrected chi connectivity index (χ0v) is 11.4. The van der Waals surface area contributed by atoms with Crippen molar-refractivity contribution in [2.75, 3.05) is 18.2 Å². The summed E-state index contributed by atoms with van der Waals surface area (Å²) in [7, 11) is 1.47. The first kappa shape index (κ1) is 14.1. The number of nitrogens with one attached hydrogen (secondary N) is 1. The van der Waals surface area contributed by atoms with Crippen molar-refractivity contribution >= 4 is 28.9 Å². The first-order chi connectivity index (χ1) is 9.51. The topological polar surface area (TPSA) is 64.3 Å². The fourth-order valence-electron chi connectivity index (χ4n) is 1.64. The van der Waals surface area contributed by atoms with Crippen LogP contribution in [0.5, 0.6) is 5.75 Å². The second-order valence-corrected chi connectivity index (χ2v) is 4.47. The Hall–Kier alpha value is -2.27. The number of nitrogen functional groups attached to an aromatic ring is 1. The van der Waals surface area contributed by atoms with Crippen LogP contribution >= 0.6 is 11.6 Å². The Labute approximate surface area is 120 Å². The molecular formula is C14H12ClFN2O2. The molecule has 0 fully saturated rings. The van der Waals surface area contributed by atoms with Gasteiger partial charge in [0.05, 0.1) is 18.5 Å². The molecule has 2 rings (SSSR count). The molecular weight excluding hydrogens is 283 g/mol. The van der Waals surface area contributed by atoms with E-state index in [4.69, 9.17) is 22.1 Å². The van der Waals surface area contributed by atoms with Crippen molar-refractivity contribution < 1.29 is 13.9 Å². The number of carbonyl (C=O) groups is 1. The molecule has 104 valence electrons. The Bertz CT molecular complexity index is 662. The lowest BCUT2D eigenvalue weighted by Gasteiger charge is -2.10. The van der Waals surface area contributed by atoms with E-state index >= 15 is 0 Å². The molecule has 2 aromatic rings. The van der Waals surface area contributed by atoms with Gasteiger partial charge in [-0.15, -0.1) is 0 Å². The van der Waals surface area contributed by atoms with Crippen LogP contribution in [-0.4, -0.2) is 13.0 Å². The van der Waals surface area contributed by atoms with Gasteiger partial charge in [-0.05, 0) is 36.4 Å². The summed E-state index contributed by atoms with van der Waals surface area (Å²) in [5, 5.41) is 3.06. The van der Waals surface area contributed by atoms with Crippen LogP contribution in [0.15, 0.2) is 36.4 Å². The van der Waals surface area contributed by atoms with Crippen molar-refractivity contribution in [3.63, 3.8) is 0 Å². The van der Waals surface area contributed by atoms with E-state index in [1.165, 1.54) is 19.2 Å². The molecule has 0 unspecified atom stereocenters. The summed E-state index contributed by atoms with van der Waals surface area (Å²) in [6.45, 7) is 0. The largest absolute Gasteiger partial charge is 0.495 e. The lowest BCUT2D eigenvalue weighted by Crippen LogP contribution is -2.13. The third-order valence-corrected chi connectivity index (χ3v) is 2.91. The fraction of sp³-hybridized carbons (Fsp3) is 0.0714. The molecule has 0 aliphatic carbocycles. The molecule has 0 spiro atoms. The molecule has 0 bridgehead atoms. The van der Waals surface area contributed by atoms with Crippen molar-refractivity contribution in [1.82, 2.24) is 0 Å². The summed E-state index contributed by atoms with van der Waals surface area (Å²) >= 11 is 5.87. The number of ether oxygens (including phenoxy) is 1. The minimum absolute atomic E-state index is 0.0121. The normalized spacial score (nSPS) is 10.2. The van der Waals surface area contributed by atoms with Gasteiger partial charge in [-0.3, -0.25) is 4.79 Å². The van der Waals surface area contributed by atoms with E-state index in [1.54, 1.807) is 18.2 Å². The third-order valence-electron chi connectivity index (χ3n) is 2.67. The predicted molar refractivity (Wildman–Crippen MR) is 76.8 cm³/mol. The molecule has 0 radical (unpaired) electrons. The van der Waals surface area contributed by atoms with Gasteiger partial charge in [-0.1, -0.05) is 11.6 Å². The zero-order valence-electron chi connectivity index (χ0n) is 10.6. The average molecular weight is 295 g/mol. The molecule has 6 heteroatoms. The van der Waals surface area contributed by atoms with Crippen molar-refractivity contribution in [3.05, 3.63) is 52.8 Å². The van der Waals surface area contributed by atoms with Crippen LogP contribution in [0.2, 0.25) is 5.02 Å². The maximum Gasteiger partial charge on any atom is 0.255 e. The summed E-state index contributed by atoms with van der Waals surface area (Å²) in [5.41, 5.74) is 5.91. The predicted octanol–water partition coefficient (Wildman–Crippen LogP) is 3.32. The molecule has 0 atom stereocenters. The van der Waals surface area contributed by atoms with E-state index in [-0.39, 0.29) is 11.3 Å². The maximum absolute atomic E-state index is 13.3. The molecule has 0 saturated heterocycles. The molecule has 0 aliphatic rings. The second kappa shape index (κ2) is 5.79. The Morgan fingerprint density at radius 2 is 2.05 bits per heavy atom. The second-order valence-electron chi connectivity index (χ2n) is 4.04. The van der Waals surface area contributed by atoms with Crippen LogP contribution in [0.25, 0.3) is 0 Å². The quantitative estimate of drug-likeness (QED) is 0.854. The molecule has 20 heavy (non-hydrogen) atoms. The van der Waals surface area contributed by atoms with Crippen LogP contribution in [0.1, 0.15) is 10.4 Å². The Morgan fingerprint density at radius 3 is 2.70 bits per heavy atom. The fourth-order valence-corrected chi connectivity index (χ4v) is 1.81. The maximum atomic E-state index is 13.3. The average Bonchev–Trinajstić information content (AvgIpc) is 2.42. The van der Waals surface area contributed by atoms with Crippen LogP contribution in [0.3, 0.4) is 0 Å². The van der Waals surface area contributed by atoms with E-state index in [0.29, 0.717) is 16.5 Å². The molecule has 0 heterocycles. The lowest BCUT2D eigenvalue weighted by atomic mass is 10.2. The molecule has 2 aromatic carbocycles. The van der Waals surface area contributed by atoms with Gasteiger partial charge in [0, 0.05) is 10.6 Å². The lowest BCUT2D eigenvalue weighted by molar-refractivity contribution is 0.102. The van der Waals surface area contributed by atoms with E-state index in [0.717, 1.165) is 6.07 Å². The van der Waals surface area contributed by atoms with E-state index in [9.17, 15) is 9.18 Å². The standard InChI is InChI=1S/C14H12ClFN2O2/c1-20-13-5-3-9(15)7-12(13)18-14(19)8-2-4-11(17)10(16)6-8/h2-7H,17H2,1H3,(H,18,19). The number of anilines is 2. The van der Waals surface area contributed by atoms with Gasteiger partial charge in [0.25, 0.3) is 5.91 Å². The van der Waals surface area contributed by atoms with Crippen LogP contribution in [0, 0.1) is 5.82 Å². The minimum atomic E-state index is -0.643. The summed E-state index contributed by atoms with van der Waals surface area (Å²) in [6.07, 6.45) is 0. The monoisotopic (exact) mass is 294 g/mol. The number of benzene rings is 2. The molecule has 0 aliphatic heterocycles. The number of carbonyl (C=O) groups excluding carboxylic acids is 1. The smallest absolute Gasteiger partial charge is 0.255 e. The van der Waals surface area contributed by atoms with E-state index in [2.05, 4.69) is 5.32 Å². The Kier molecular flexibility index (Phi) is 4.10. The van der Waals surface area contributed by atoms with Crippen molar-refractivity contribution in [1.29, 1.82) is 0 Å². The highest BCUT2D eigenvalue weighted by Crippen LogP contribution is 2.28. The highest BCUT2D eigenvalue weighted by molar-refractivity contribution is 6.31. The van der Waals surface area contributed by atoms with Gasteiger partial charge in [0.2, 0.25) is 0 Å². The number of hydrogen-bond acceptors (Lipinski definition) is 3. The Morgan fingerprint density at radius 1 is 1.30 bits per heavy atom. The molecule has 0 aromatic heterocycles. The zero-order chi connectivity index (χ0) is 14.7. The number of nitrogens with two attached hydrogens (primary N) is 1. The van der Waals surface area contributed by atoms with E-state index < -0.39 is 11.7 Å². The molecule has 4 nitrogen and oxygen atoms in total. The number of methoxy groups -OCH3 is 1. The van der Waals surface area contributed by atoms with Gasteiger partial charge in [-0.2, -0.15) is 0 Å². The summed E-state index contributed by atoms with van der Waals surface area (Å²) < 4.78 is 18.4. The molecule has 3 N–H and O–H groups in total. The number of halogens is 2. The van der Waals surface area contributed by atoms with Gasteiger partial charge in [-0.25, -0.2) is 4.39 Å². The highest BCUT2D eigenvalue weighted by atomic mass is 35.5. The highest BCUT2D eigenvalue weighted by Gasteiger charge is 2.12. The summed E-state index contributed by atoms with van der Waals surface area (Å²) in [5.74, 6) is -0.668. The van der Waals surface area contributed by atoms with Crippen LogP contribution < -0.4 is 15.8 Å². The SMILES string of the molecule is COc1ccc(Cl)cc1NC(=O)c1ccc(N)c(F)c1. The first-order valence-corrected chi connectivity index (χ1v) is 6.09. The van der Waals surface area contributed by atoms with Crippen molar-refractivity contribution in [2.24, 2.45) is 0 Å². The number of amides is 1. The van der Waals surface area contributed by atoms with Gasteiger partial charge in [0.1, 0.15) is 11.6 Å².